The Labute approximate surface area is 187 Å². The van der Waals surface area contributed by atoms with E-state index in [0.29, 0.717) is 11.5 Å². The van der Waals surface area contributed by atoms with Gasteiger partial charge in [-0.05, 0) is 61.0 Å². The van der Waals surface area contributed by atoms with Crippen molar-refractivity contribution in [3.63, 3.8) is 0 Å². The third-order valence-corrected chi connectivity index (χ3v) is 5.51. The molecule has 0 bridgehead atoms. The fourth-order valence-electron chi connectivity index (χ4n) is 3.12. The molecular weight excluding hydrogens is 429 g/mol. The lowest BCUT2D eigenvalue weighted by Gasteiger charge is -2.10. The largest absolute Gasteiger partial charge is 0.323 e. The van der Waals surface area contributed by atoms with Gasteiger partial charge >= 0.3 is 6.03 Å². The zero-order valence-electron chi connectivity index (χ0n) is 17.3. The van der Waals surface area contributed by atoms with Crippen molar-refractivity contribution in [2.45, 2.75) is 23.6 Å². The molecule has 1 heterocycles. The standard InChI is InChI=1S/C23H20FN5O2S/c1-13-6-9-19(24)21(10-13)27-23(31)26-15-4-3-5-16(11-15)32-17-7-8-18-20(12-17)28-29-22(18)25-14(2)30/h3-12H,1-2H3,(H2,26,27,31)(H2,25,28,29,30). The Balaban J connectivity index is 1.45. The summed E-state index contributed by atoms with van der Waals surface area (Å²) in [4.78, 5) is 25.5. The average Bonchev–Trinajstić information content (AvgIpc) is 3.12. The van der Waals surface area contributed by atoms with Gasteiger partial charge in [0.05, 0.1) is 11.2 Å². The number of fused-ring (bicyclic) bond motifs is 1. The van der Waals surface area contributed by atoms with E-state index in [-0.39, 0.29) is 11.6 Å². The normalized spacial score (nSPS) is 10.7. The first-order chi connectivity index (χ1) is 15.4. The van der Waals surface area contributed by atoms with Gasteiger partial charge in [0, 0.05) is 27.8 Å². The first-order valence-corrected chi connectivity index (χ1v) is 10.6. The van der Waals surface area contributed by atoms with Gasteiger partial charge in [-0.25, -0.2) is 9.18 Å². The van der Waals surface area contributed by atoms with Crippen LogP contribution in [0, 0.1) is 12.7 Å². The van der Waals surface area contributed by atoms with Crippen molar-refractivity contribution < 1.29 is 14.0 Å². The van der Waals surface area contributed by atoms with Crippen LogP contribution in [0.3, 0.4) is 0 Å². The second-order valence-corrected chi connectivity index (χ2v) is 8.30. The summed E-state index contributed by atoms with van der Waals surface area (Å²) in [5.41, 5.74) is 2.35. The van der Waals surface area contributed by atoms with E-state index in [1.165, 1.54) is 24.8 Å². The first kappa shape index (κ1) is 21.4. The number of nitrogens with zero attached hydrogens (tertiary/aromatic N) is 1. The van der Waals surface area contributed by atoms with Gasteiger partial charge in [-0.15, -0.1) is 0 Å². The molecule has 0 aliphatic rings. The molecule has 7 nitrogen and oxygen atoms in total. The van der Waals surface area contributed by atoms with Crippen LogP contribution in [0.4, 0.5) is 26.4 Å². The summed E-state index contributed by atoms with van der Waals surface area (Å²) in [6, 6.07) is 17.1. The molecule has 4 N–H and O–H groups in total. The quantitative estimate of drug-likeness (QED) is 0.311. The molecule has 0 spiro atoms. The lowest BCUT2D eigenvalue weighted by Crippen LogP contribution is -2.20. The molecule has 0 fully saturated rings. The lowest BCUT2D eigenvalue weighted by atomic mass is 10.2. The third kappa shape index (κ3) is 5.06. The molecule has 0 aliphatic carbocycles. The number of nitrogens with one attached hydrogen (secondary N) is 4. The third-order valence-electron chi connectivity index (χ3n) is 4.53. The van der Waals surface area contributed by atoms with Crippen molar-refractivity contribution in [3.8, 4) is 0 Å². The maximum Gasteiger partial charge on any atom is 0.323 e. The van der Waals surface area contributed by atoms with Gasteiger partial charge in [0.2, 0.25) is 5.91 Å². The van der Waals surface area contributed by atoms with Crippen LogP contribution in [0.2, 0.25) is 0 Å². The van der Waals surface area contributed by atoms with E-state index in [0.717, 1.165) is 26.3 Å². The first-order valence-electron chi connectivity index (χ1n) is 9.75. The number of hydrogen-bond donors (Lipinski definition) is 4. The molecule has 3 amide bonds. The molecule has 0 atom stereocenters. The van der Waals surface area contributed by atoms with E-state index in [9.17, 15) is 14.0 Å². The van der Waals surface area contributed by atoms with Crippen LogP contribution >= 0.6 is 11.8 Å². The van der Waals surface area contributed by atoms with Crippen LogP contribution in [0.25, 0.3) is 10.9 Å². The number of aromatic nitrogens is 2. The average molecular weight is 450 g/mol. The van der Waals surface area contributed by atoms with Crippen LogP contribution in [-0.4, -0.2) is 22.1 Å². The Morgan fingerprint density at radius 2 is 1.78 bits per heavy atom. The summed E-state index contributed by atoms with van der Waals surface area (Å²) in [5.74, 6) is -0.187. The van der Waals surface area contributed by atoms with Gasteiger partial charge in [-0.3, -0.25) is 9.89 Å². The number of rotatable bonds is 5. The number of aromatic amines is 1. The van der Waals surface area contributed by atoms with Crippen molar-refractivity contribution in [2.24, 2.45) is 0 Å². The summed E-state index contributed by atoms with van der Waals surface area (Å²) in [6.07, 6.45) is 0. The molecule has 1 aromatic heterocycles. The van der Waals surface area contributed by atoms with Gasteiger partial charge in [0.1, 0.15) is 5.82 Å². The molecular formula is C23H20FN5O2S. The van der Waals surface area contributed by atoms with Crippen molar-refractivity contribution >= 4 is 51.8 Å². The number of aryl methyl sites for hydroxylation is 1. The highest BCUT2D eigenvalue weighted by Crippen LogP contribution is 2.32. The number of anilines is 3. The Bertz CT molecular complexity index is 1320. The smallest absolute Gasteiger partial charge is 0.309 e. The number of carbonyl (C=O) groups excluding carboxylic acids is 2. The number of halogens is 1. The van der Waals surface area contributed by atoms with E-state index >= 15 is 0 Å². The highest BCUT2D eigenvalue weighted by atomic mass is 32.2. The molecule has 3 aromatic carbocycles. The van der Waals surface area contributed by atoms with E-state index < -0.39 is 11.8 Å². The number of carbonyl (C=O) groups is 2. The molecule has 0 radical (unpaired) electrons. The second kappa shape index (κ2) is 9.11. The van der Waals surface area contributed by atoms with Crippen LogP contribution in [0.1, 0.15) is 12.5 Å². The monoisotopic (exact) mass is 449 g/mol. The summed E-state index contributed by atoms with van der Waals surface area (Å²) in [6.45, 7) is 3.26. The number of hydrogen-bond acceptors (Lipinski definition) is 4. The minimum absolute atomic E-state index is 0.125. The molecule has 162 valence electrons. The van der Waals surface area contributed by atoms with Crippen molar-refractivity contribution in [3.05, 3.63) is 72.0 Å². The minimum atomic E-state index is -0.527. The molecule has 0 saturated heterocycles. The Kier molecular flexibility index (Phi) is 6.09. The van der Waals surface area contributed by atoms with Crippen LogP contribution in [0.15, 0.2) is 70.5 Å². The van der Waals surface area contributed by atoms with Crippen LogP contribution in [-0.2, 0) is 4.79 Å². The molecule has 32 heavy (non-hydrogen) atoms. The highest BCUT2D eigenvalue weighted by molar-refractivity contribution is 7.99. The maximum atomic E-state index is 13.9. The van der Waals surface area contributed by atoms with E-state index in [1.54, 1.807) is 18.2 Å². The Morgan fingerprint density at radius 3 is 2.59 bits per heavy atom. The number of amides is 3. The van der Waals surface area contributed by atoms with Gasteiger partial charge in [-0.2, -0.15) is 5.10 Å². The highest BCUT2D eigenvalue weighted by Gasteiger charge is 2.10. The maximum absolute atomic E-state index is 13.9. The Morgan fingerprint density at radius 1 is 0.969 bits per heavy atom. The molecule has 9 heteroatoms. The van der Waals surface area contributed by atoms with Gasteiger partial charge in [0.25, 0.3) is 0 Å². The number of H-pyrrole nitrogens is 1. The summed E-state index contributed by atoms with van der Waals surface area (Å²) >= 11 is 1.51. The van der Waals surface area contributed by atoms with Crippen molar-refractivity contribution in [1.29, 1.82) is 0 Å². The number of urea groups is 1. The SMILES string of the molecule is CC(=O)Nc1n[nH]c2cc(Sc3cccc(NC(=O)Nc4cc(C)ccc4F)c3)ccc12. The second-order valence-electron chi connectivity index (χ2n) is 7.15. The summed E-state index contributed by atoms with van der Waals surface area (Å²) < 4.78 is 13.9. The van der Waals surface area contributed by atoms with Gasteiger partial charge in [0.15, 0.2) is 5.82 Å². The fourth-order valence-corrected chi connectivity index (χ4v) is 4.03. The zero-order valence-corrected chi connectivity index (χ0v) is 18.1. The van der Waals surface area contributed by atoms with E-state index in [1.807, 2.05) is 43.3 Å². The summed E-state index contributed by atoms with van der Waals surface area (Å²) in [7, 11) is 0. The Hall–Kier alpha value is -3.85. The fraction of sp³-hybridized carbons (Fsp3) is 0.0870. The predicted molar refractivity (Wildman–Crippen MR) is 125 cm³/mol. The van der Waals surface area contributed by atoms with E-state index in [2.05, 4.69) is 26.1 Å². The van der Waals surface area contributed by atoms with Gasteiger partial charge in [-0.1, -0.05) is 23.9 Å². The number of benzene rings is 3. The van der Waals surface area contributed by atoms with Crippen molar-refractivity contribution in [1.82, 2.24) is 10.2 Å². The van der Waals surface area contributed by atoms with E-state index in [4.69, 9.17) is 0 Å². The van der Waals surface area contributed by atoms with Gasteiger partial charge < -0.3 is 16.0 Å². The summed E-state index contributed by atoms with van der Waals surface area (Å²) in [5, 5.41) is 15.8. The topological polar surface area (TPSA) is 98.9 Å². The molecule has 0 unspecified atom stereocenters. The predicted octanol–water partition coefficient (Wildman–Crippen LogP) is 5.76. The van der Waals surface area contributed by atoms with Crippen LogP contribution < -0.4 is 16.0 Å². The minimum Gasteiger partial charge on any atom is -0.309 e. The molecule has 0 saturated carbocycles. The van der Waals surface area contributed by atoms with Crippen LogP contribution in [0.5, 0.6) is 0 Å². The van der Waals surface area contributed by atoms with Crippen molar-refractivity contribution in [2.75, 3.05) is 16.0 Å². The molecule has 0 aliphatic heterocycles. The lowest BCUT2D eigenvalue weighted by molar-refractivity contribution is -0.114. The molecule has 4 aromatic rings. The molecule has 4 rings (SSSR count). The zero-order chi connectivity index (χ0) is 22.7.